The topological polar surface area (TPSA) is 50.4 Å². The summed E-state index contributed by atoms with van der Waals surface area (Å²) in [5, 5.41) is 10.8. The second kappa shape index (κ2) is 4.37. The molecule has 88 valence electrons. The van der Waals surface area contributed by atoms with Crippen molar-refractivity contribution in [2.45, 2.75) is 13.3 Å². The van der Waals surface area contributed by atoms with E-state index in [1.54, 1.807) is 19.1 Å². The smallest absolute Gasteiger partial charge is 0.336 e. The maximum atomic E-state index is 11.1. The first kappa shape index (κ1) is 11.9. The van der Waals surface area contributed by atoms with Gasteiger partial charge in [0.1, 0.15) is 11.3 Å². The van der Waals surface area contributed by atoms with Gasteiger partial charge >= 0.3 is 5.63 Å². The molecule has 1 N–H and O–H groups in total. The third kappa shape index (κ3) is 2.26. The van der Waals surface area contributed by atoms with Crippen molar-refractivity contribution < 1.29 is 9.52 Å². The molecule has 0 fully saturated rings. The molecule has 4 heteroatoms. The maximum absolute atomic E-state index is 11.1. The zero-order valence-corrected chi connectivity index (χ0v) is 10.9. The van der Waals surface area contributed by atoms with Crippen LogP contribution < -0.4 is 5.63 Å². The Bertz CT molecular complexity index is 655. The molecule has 0 unspecified atom stereocenters. The summed E-state index contributed by atoms with van der Waals surface area (Å²) in [6.45, 7) is 5.47. The SMILES string of the molecule is C=C(Br)Cc1cc2ccc(=O)oc2c(C)c1O. The average Bonchev–Trinajstić information content (AvgIpc) is 2.26. The van der Waals surface area contributed by atoms with E-state index in [4.69, 9.17) is 4.42 Å². The molecule has 1 aromatic heterocycles. The van der Waals surface area contributed by atoms with Gasteiger partial charge in [-0.05, 0) is 29.1 Å². The number of allylic oxidation sites excluding steroid dienone is 1. The molecule has 0 amide bonds. The van der Waals surface area contributed by atoms with E-state index in [2.05, 4.69) is 22.5 Å². The van der Waals surface area contributed by atoms with Crippen LogP contribution in [0.15, 0.2) is 38.5 Å². The lowest BCUT2D eigenvalue weighted by Gasteiger charge is -2.09. The van der Waals surface area contributed by atoms with E-state index in [9.17, 15) is 9.90 Å². The van der Waals surface area contributed by atoms with Crippen LogP contribution in [0.4, 0.5) is 0 Å². The van der Waals surface area contributed by atoms with Crippen LogP contribution in [0.2, 0.25) is 0 Å². The third-order valence-corrected chi connectivity index (χ3v) is 2.86. The van der Waals surface area contributed by atoms with Gasteiger partial charge in [-0.25, -0.2) is 4.79 Å². The van der Waals surface area contributed by atoms with Crippen LogP contribution in [0.1, 0.15) is 11.1 Å². The van der Waals surface area contributed by atoms with Crippen LogP contribution in [0.3, 0.4) is 0 Å². The average molecular weight is 295 g/mol. The first-order valence-corrected chi connectivity index (χ1v) is 5.87. The highest BCUT2D eigenvalue weighted by Gasteiger charge is 2.11. The van der Waals surface area contributed by atoms with Gasteiger partial charge in [0.25, 0.3) is 0 Å². The van der Waals surface area contributed by atoms with Crippen LogP contribution in [0.5, 0.6) is 5.75 Å². The fourth-order valence-corrected chi connectivity index (χ4v) is 2.08. The van der Waals surface area contributed by atoms with E-state index in [0.29, 0.717) is 17.6 Å². The van der Waals surface area contributed by atoms with Gasteiger partial charge in [0.15, 0.2) is 0 Å². The predicted octanol–water partition coefficient (Wildman–Crippen LogP) is 3.26. The lowest BCUT2D eigenvalue weighted by atomic mass is 10.0. The summed E-state index contributed by atoms with van der Waals surface area (Å²) >= 11 is 3.27. The number of hydrogen-bond donors (Lipinski definition) is 1. The van der Waals surface area contributed by atoms with Gasteiger partial charge < -0.3 is 9.52 Å². The quantitative estimate of drug-likeness (QED) is 0.865. The number of benzene rings is 1. The highest BCUT2D eigenvalue weighted by Crippen LogP contribution is 2.31. The Kier molecular flexibility index (Phi) is 3.07. The van der Waals surface area contributed by atoms with Gasteiger partial charge in [0.05, 0.1) is 0 Å². The van der Waals surface area contributed by atoms with Crippen molar-refractivity contribution in [1.82, 2.24) is 0 Å². The normalized spacial score (nSPS) is 10.7. The summed E-state index contributed by atoms with van der Waals surface area (Å²) in [6, 6.07) is 4.85. The fraction of sp³-hybridized carbons (Fsp3) is 0.154. The van der Waals surface area contributed by atoms with Gasteiger partial charge in [-0.3, -0.25) is 0 Å². The van der Waals surface area contributed by atoms with Crippen LogP contribution >= 0.6 is 15.9 Å². The maximum Gasteiger partial charge on any atom is 0.336 e. The summed E-state index contributed by atoms with van der Waals surface area (Å²) in [5.41, 5.74) is 1.34. The molecule has 2 aromatic rings. The van der Waals surface area contributed by atoms with Crippen molar-refractivity contribution in [2.24, 2.45) is 0 Å². The molecule has 0 saturated heterocycles. The van der Waals surface area contributed by atoms with Crippen molar-refractivity contribution >= 4 is 26.9 Å². The first-order chi connectivity index (χ1) is 7.99. The van der Waals surface area contributed by atoms with Crippen LogP contribution in [-0.4, -0.2) is 5.11 Å². The van der Waals surface area contributed by atoms with E-state index in [1.807, 2.05) is 0 Å². The van der Waals surface area contributed by atoms with Gasteiger partial charge in [0, 0.05) is 23.4 Å². The van der Waals surface area contributed by atoms with Gasteiger partial charge in [-0.1, -0.05) is 22.5 Å². The zero-order valence-electron chi connectivity index (χ0n) is 9.29. The van der Waals surface area contributed by atoms with Crippen LogP contribution in [0, 0.1) is 6.92 Å². The summed E-state index contributed by atoms with van der Waals surface area (Å²) < 4.78 is 5.86. The number of phenols is 1. The van der Waals surface area contributed by atoms with Crippen LogP contribution in [-0.2, 0) is 6.42 Å². The van der Waals surface area contributed by atoms with E-state index in [1.165, 1.54) is 6.07 Å². The number of fused-ring (bicyclic) bond motifs is 1. The Labute approximate surface area is 107 Å². The van der Waals surface area contributed by atoms with Gasteiger partial charge in [-0.15, -0.1) is 0 Å². The Balaban J connectivity index is 2.74. The standard InChI is InChI=1S/C13H11BrO3/c1-7(14)5-10-6-9-3-4-11(15)17-13(9)8(2)12(10)16/h3-4,6,16H,1,5H2,2H3. The van der Waals surface area contributed by atoms with Crippen molar-refractivity contribution in [1.29, 1.82) is 0 Å². The second-order valence-electron chi connectivity index (χ2n) is 3.88. The van der Waals surface area contributed by atoms with Gasteiger partial charge in [-0.2, -0.15) is 0 Å². The largest absolute Gasteiger partial charge is 0.507 e. The van der Waals surface area contributed by atoms with E-state index in [-0.39, 0.29) is 5.75 Å². The van der Waals surface area contributed by atoms with Crippen molar-refractivity contribution in [3.63, 3.8) is 0 Å². The lowest BCUT2D eigenvalue weighted by Crippen LogP contribution is -1.97. The molecule has 0 aliphatic heterocycles. The molecule has 0 aliphatic rings. The number of phenolic OH excluding ortho intramolecular Hbond substituents is 1. The number of hydrogen-bond acceptors (Lipinski definition) is 3. The highest BCUT2D eigenvalue weighted by molar-refractivity contribution is 9.11. The number of aromatic hydroxyl groups is 1. The fourth-order valence-electron chi connectivity index (χ4n) is 1.78. The molecule has 0 radical (unpaired) electrons. The predicted molar refractivity (Wildman–Crippen MR) is 70.7 cm³/mol. The molecule has 1 heterocycles. The Hall–Kier alpha value is -1.55. The van der Waals surface area contributed by atoms with Crippen molar-refractivity contribution in [3.05, 3.63) is 50.8 Å². The minimum Gasteiger partial charge on any atom is -0.507 e. The number of aryl methyl sites for hydroxylation is 1. The summed E-state index contributed by atoms with van der Waals surface area (Å²) in [5.74, 6) is 0.146. The Morgan fingerprint density at radius 3 is 2.88 bits per heavy atom. The van der Waals surface area contributed by atoms with Crippen LogP contribution in [0.25, 0.3) is 11.0 Å². The number of rotatable bonds is 2. The highest BCUT2D eigenvalue weighted by atomic mass is 79.9. The Morgan fingerprint density at radius 2 is 2.24 bits per heavy atom. The van der Waals surface area contributed by atoms with Crippen molar-refractivity contribution in [2.75, 3.05) is 0 Å². The molecule has 17 heavy (non-hydrogen) atoms. The lowest BCUT2D eigenvalue weighted by molar-refractivity contribution is 0.463. The molecule has 0 saturated carbocycles. The molecule has 0 bridgehead atoms. The minimum absolute atomic E-state index is 0.146. The molecule has 1 aromatic carbocycles. The monoisotopic (exact) mass is 294 g/mol. The third-order valence-electron chi connectivity index (χ3n) is 2.58. The van der Waals surface area contributed by atoms with E-state index in [0.717, 1.165) is 15.4 Å². The minimum atomic E-state index is -0.419. The van der Waals surface area contributed by atoms with Gasteiger partial charge in [0.2, 0.25) is 0 Å². The zero-order chi connectivity index (χ0) is 12.6. The molecule has 0 aliphatic carbocycles. The molecule has 0 atom stereocenters. The number of halogens is 1. The molecular weight excluding hydrogens is 284 g/mol. The first-order valence-electron chi connectivity index (χ1n) is 5.07. The van der Waals surface area contributed by atoms with E-state index >= 15 is 0 Å². The summed E-state index contributed by atoms with van der Waals surface area (Å²) in [6.07, 6.45) is 0.530. The van der Waals surface area contributed by atoms with Crippen molar-refractivity contribution in [3.8, 4) is 5.75 Å². The van der Waals surface area contributed by atoms with E-state index < -0.39 is 5.63 Å². The molecular formula is C13H11BrO3. The summed E-state index contributed by atoms with van der Waals surface area (Å²) in [4.78, 5) is 11.1. The summed E-state index contributed by atoms with van der Waals surface area (Å²) in [7, 11) is 0. The molecule has 0 spiro atoms. The second-order valence-corrected chi connectivity index (χ2v) is 5.00. The Morgan fingerprint density at radius 1 is 1.53 bits per heavy atom. The molecule has 2 rings (SSSR count). The molecule has 3 nitrogen and oxygen atoms in total.